The van der Waals surface area contributed by atoms with E-state index in [1.54, 1.807) is 0 Å². The Kier molecular flexibility index (Phi) is 16500. The standard InChI is InChI=1S/3CH4.FH.Li/h3*1H4;1H;/q;;;;+1/p-1. The number of hydrogen-bond donors (Lipinski definition) is 0. The van der Waals surface area contributed by atoms with Crippen LogP contribution >= 0.6 is 0 Å². The SMILES string of the molecule is C.C.C.[F-].[Li+]. The van der Waals surface area contributed by atoms with Crippen molar-refractivity contribution < 1.29 is 23.6 Å². The summed E-state index contributed by atoms with van der Waals surface area (Å²) in [7, 11) is 0. The smallest absolute Gasteiger partial charge is 1.00 e. The van der Waals surface area contributed by atoms with E-state index < -0.39 is 0 Å². The van der Waals surface area contributed by atoms with Crippen molar-refractivity contribution in [2.45, 2.75) is 22.3 Å². The van der Waals surface area contributed by atoms with Gasteiger partial charge in [-0.15, -0.1) is 0 Å². The molecule has 0 amide bonds. The predicted octanol–water partition coefficient (Wildman–Crippen LogP) is -4.08. The summed E-state index contributed by atoms with van der Waals surface area (Å²) in [6, 6.07) is 0. The Labute approximate surface area is 46.5 Å². The van der Waals surface area contributed by atoms with Crippen LogP contribution in [0.2, 0.25) is 0 Å². The van der Waals surface area contributed by atoms with Gasteiger partial charge in [0.1, 0.15) is 0 Å². The molecule has 0 aliphatic rings. The maximum atomic E-state index is 0. The number of rotatable bonds is 0. The summed E-state index contributed by atoms with van der Waals surface area (Å²) in [5.74, 6) is 0. The number of hydrogen-bond acceptors (Lipinski definition) is 0. The van der Waals surface area contributed by atoms with Crippen molar-refractivity contribution >= 4 is 0 Å². The minimum absolute atomic E-state index is 0. The van der Waals surface area contributed by atoms with Gasteiger partial charge in [0.25, 0.3) is 0 Å². The van der Waals surface area contributed by atoms with Gasteiger partial charge in [-0.3, -0.25) is 0 Å². The van der Waals surface area contributed by atoms with Crippen LogP contribution in [0.3, 0.4) is 0 Å². The van der Waals surface area contributed by atoms with E-state index in [0.717, 1.165) is 0 Å². The van der Waals surface area contributed by atoms with E-state index in [-0.39, 0.29) is 45.8 Å². The first kappa shape index (κ1) is 407. The molecule has 0 rings (SSSR count). The second-order valence-electron chi connectivity index (χ2n) is 0. The largest absolute Gasteiger partial charge is 1.00 e. The van der Waals surface area contributed by atoms with Crippen LogP contribution in [0.5, 0.6) is 0 Å². The van der Waals surface area contributed by atoms with Crippen molar-refractivity contribution in [2.75, 3.05) is 0 Å². The number of halogens is 1. The van der Waals surface area contributed by atoms with Crippen molar-refractivity contribution in [1.82, 2.24) is 0 Å². The van der Waals surface area contributed by atoms with Crippen molar-refractivity contribution in [2.24, 2.45) is 0 Å². The zero-order valence-corrected chi connectivity index (χ0v) is 1.38. The minimum Gasteiger partial charge on any atom is -1.00 e. The molecule has 0 saturated heterocycles. The van der Waals surface area contributed by atoms with Gasteiger partial charge in [-0.05, 0) is 0 Å². The van der Waals surface area contributed by atoms with Crippen LogP contribution in [0.15, 0.2) is 0 Å². The Morgan fingerprint density at radius 2 is 0.600 bits per heavy atom. The molecule has 0 aromatic heterocycles. The molecule has 0 N–H and O–H groups in total. The van der Waals surface area contributed by atoms with Gasteiger partial charge in [0.15, 0.2) is 0 Å². The summed E-state index contributed by atoms with van der Waals surface area (Å²) >= 11 is 0. The molecule has 0 nitrogen and oxygen atoms in total. The van der Waals surface area contributed by atoms with E-state index in [4.69, 9.17) is 0 Å². The van der Waals surface area contributed by atoms with Crippen LogP contribution in [0.1, 0.15) is 22.3 Å². The van der Waals surface area contributed by atoms with Crippen LogP contribution in [-0.4, -0.2) is 0 Å². The summed E-state index contributed by atoms with van der Waals surface area (Å²) in [5, 5.41) is 0. The van der Waals surface area contributed by atoms with Gasteiger partial charge in [-0.25, -0.2) is 0 Å². The van der Waals surface area contributed by atoms with Crippen molar-refractivity contribution in [1.29, 1.82) is 0 Å². The molecule has 0 atom stereocenters. The molecule has 2 heteroatoms. The Hall–Kier alpha value is 0.527. The Balaban J connectivity index is 0. The molecular formula is C3H12FLi. The second-order valence-corrected chi connectivity index (χ2v) is 0. The summed E-state index contributed by atoms with van der Waals surface area (Å²) in [6.45, 7) is 0. The molecule has 0 heterocycles. The first-order valence-corrected chi connectivity index (χ1v) is 0. The minimum atomic E-state index is 0. The van der Waals surface area contributed by atoms with Gasteiger partial charge in [0.05, 0.1) is 0 Å². The van der Waals surface area contributed by atoms with E-state index in [1.807, 2.05) is 0 Å². The third-order valence-electron chi connectivity index (χ3n) is 0. The van der Waals surface area contributed by atoms with E-state index in [9.17, 15) is 0 Å². The first-order valence-electron chi connectivity index (χ1n) is 0. The second kappa shape index (κ2) is 203. The maximum Gasteiger partial charge on any atom is 1.00 e. The van der Waals surface area contributed by atoms with E-state index in [2.05, 4.69) is 0 Å². The summed E-state index contributed by atoms with van der Waals surface area (Å²) in [6.07, 6.45) is 0. The zero-order valence-electron chi connectivity index (χ0n) is 1.38. The molecule has 0 radical (unpaired) electrons. The molecule has 0 aliphatic carbocycles. The van der Waals surface area contributed by atoms with E-state index in [1.165, 1.54) is 0 Å². The molecule has 0 aromatic carbocycles. The maximum absolute atomic E-state index is 0. The van der Waals surface area contributed by atoms with Gasteiger partial charge in [-0.1, -0.05) is 22.3 Å². The fourth-order valence-corrected chi connectivity index (χ4v) is 0. The summed E-state index contributed by atoms with van der Waals surface area (Å²) in [5.41, 5.74) is 0. The molecule has 0 fully saturated rings. The average molecular weight is 74.1 g/mol. The van der Waals surface area contributed by atoms with Gasteiger partial charge in [0.2, 0.25) is 0 Å². The van der Waals surface area contributed by atoms with E-state index in [0.29, 0.717) is 0 Å². The molecule has 5 heavy (non-hydrogen) atoms. The Morgan fingerprint density at radius 1 is 0.600 bits per heavy atom. The molecule has 0 bridgehead atoms. The zero-order chi connectivity index (χ0) is 0. The summed E-state index contributed by atoms with van der Waals surface area (Å²) in [4.78, 5) is 0. The van der Waals surface area contributed by atoms with Crippen molar-refractivity contribution in [3.63, 3.8) is 0 Å². The summed E-state index contributed by atoms with van der Waals surface area (Å²) < 4.78 is 0. The molecular weight excluding hydrogens is 62.0 g/mol. The van der Waals surface area contributed by atoms with Gasteiger partial charge in [-0.2, -0.15) is 0 Å². The van der Waals surface area contributed by atoms with Crippen LogP contribution < -0.4 is 23.6 Å². The van der Waals surface area contributed by atoms with Crippen LogP contribution in [0.4, 0.5) is 0 Å². The monoisotopic (exact) mass is 74.1 g/mol. The van der Waals surface area contributed by atoms with Gasteiger partial charge in [0, 0.05) is 0 Å². The Morgan fingerprint density at radius 3 is 0.600 bits per heavy atom. The molecule has 32 valence electrons. The van der Waals surface area contributed by atoms with Gasteiger partial charge < -0.3 is 4.70 Å². The van der Waals surface area contributed by atoms with Crippen LogP contribution in [0.25, 0.3) is 0 Å². The third kappa shape index (κ3) is 104. The predicted molar refractivity (Wildman–Crippen MR) is 20.2 cm³/mol. The van der Waals surface area contributed by atoms with E-state index >= 15 is 0 Å². The molecule has 0 aliphatic heterocycles. The van der Waals surface area contributed by atoms with Crippen molar-refractivity contribution in [3.05, 3.63) is 0 Å². The first-order chi connectivity index (χ1) is 0. The average Bonchev–Trinajstić information content (AvgIpc) is 0. The normalized spacial score (nSPS) is 0. The quantitative estimate of drug-likeness (QED) is 0.256. The Bertz CT molecular complexity index is 6.85. The third-order valence-corrected chi connectivity index (χ3v) is 0. The van der Waals surface area contributed by atoms with Crippen LogP contribution in [0, 0.1) is 0 Å². The molecule has 0 saturated carbocycles. The molecule has 0 spiro atoms. The topological polar surface area (TPSA) is 0 Å². The molecule has 0 unspecified atom stereocenters. The van der Waals surface area contributed by atoms with Crippen molar-refractivity contribution in [3.8, 4) is 0 Å². The van der Waals surface area contributed by atoms with Crippen LogP contribution in [-0.2, 0) is 0 Å². The fourth-order valence-electron chi connectivity index (χ4n) is 0. The fraction of sp³-hybridized carbons (Fsp3) is 1.00. The van der Waals surface area contributed by atoms with Gasteiger partial charge >= 0.3 is 18.9 Å². The molecule has 0 aromatic rings.